The van der Waals surface area contributed by atoms with Crippen LogP contribution >= 0.6 is 0 Å². The molecular formula is C16H21NO5. The number of carboxylic acids is 1. The molecule has 2 atom stereocenters. The molecule has 0 aromatic heterocycles. The monoisotopic (exact) mass is 307 g/mol. The molecule has 1 aromatic carbocycles. The summed E-state index contributed by atoms with van der Waals surface area (Å²) in [6.45, 7) is 3.50. The predicted octanol–water partition coefficient (Wildman–Crippen LogP) is 1.39. The number of hydrogen-bond acceptors (Lipinski definition) is 4. The maximum absolute atomic E-state index is 11.9. The molecule has 0 aliphatic carbocycles. The molecule has 1 rings (SSSR count). The van der Waals surface area contributed by atoms with Gasteiger partial charge in [-0.05, 0) is 18.9 Å². The molecule has 0 radical (unpaired) electrons. The van der Waals surface area contributed by atoms with E-state index in [1.54, 1.807) is 38.1 Å². The summed E-state index contributed by atoms with van der Waals surface area (Å²) in [5.41, 5.74) is 0.794. The molecule has 0 aliphatic rings. The van der Waals surface area contributed by atoms with Crippen molar-refractivity contribution < 1.29 is 24.2 Å². The lowest BCUT2D eigenvalue weighted by Gasteiger charge is -2.18. The number of aliphatic carboxylic acids is 1. The van der Waals surface area contributed by atoms with Gasteiger partial charge >= 0.3 is 11.9 Å². The minimum absolute atomic E-state index is 0.00526. The second kappa shape index (κ2) is 8.81. The zero-order valence-corrected chi connectivity index (χ0v) is 12.7. The van der Waals surface area contributed by atoms with Crippen molar-refractivity contribution in [3.8, 4) is 0 Å². The molecule has 0 spiro atoms. The average molecular weight is 307 g/mol. The molecule has 0 heterocycles. The Morgan fingerprint density at radius 3 is 2.41 bits per heavy atom. The Kier molecular flexibility index (Phi) is 7.08. The Bertz CT molecular complexity index is 515. The molecule has 2 N–H and O–H groups in total. The minimum Gasteiger partial charge on any atom is -0.480 e. The van der Waals surface area contributed by atoms with E-state index in [2.05, 4.69) is 5.32 Å². The fraction of sp³-hybridized carbons (Fsp3) is 0.438. The molecule has 0 fully saturated rings. The van der Waals surface area contributed by atoms with Gasteiger partial charge in [0.25, 0.3) is 0 Å². The summed E-state index contributed by atoms with van der Waals surface area (Å²) in [6, 6.07) is 7.91. The highest BCUT2D eigenvalue weighted by Gasteiger charge is 2.26. The zero-order chi connectivity index (χ0) is 16.5. The normalized spacial score (nSPS) is 13.0. The lowest BCUT2D eigenvalue weighted by atomic mass is 10.0. The molecule has 0 saturated heterocycles. The van der Waals surface area contributed by atoms with Crippen LogP contribution < -0.4 is 5.32 Å². The van der Waals surface area contributed by atoms with E-state index >= 15 is 0 Å². The summed E-state index contributed by atoms with van der Waals surface area (Å²) in [7, 11) is 0. The van der Waals surface area contributed by atoms with E-state index in [4.69, 9.17) is 4.74 Å². The van der Waals surface area contributed by atoms with Gasteiger partial charge in [-0.1, -0.05) is 37.3 Å². The summed E-state index contributed by atoms with van der Waals surface area (Å²) < 4.78 is 4.84. The maximum Gasteiger partial charge on any atom is 0.326 e. The van der Waals surface area contributed by atoms with E-state index in [1.807, 2.05) is 6.07 Å². The number of benzene rings is 1. The fourth-order valence-electron chi connectivity index (χ4n) is 1.98. The minimum atomic E-state index is -1.17. The highest BCUT2D eigenvalue weighted by atomic mass is 16.5. The third kappa shape index (κ3) is 5.95. The highest BCUT2D eigenvalue weighted by Crippen LogP contribution is 2.09. The Morgan fingerprint density at radius 2 is 1.86 bits per heavy atom. The van der Waals surface area contributed by atoms with Gasteiger partial charge in [0.2, 0.25) is 5.91 Å². The lowest BCUT2D eigenvalue weighted by molar-refractivity contribution is -0.149. The van der Waals surface area contributed by atoms with Gasteiger partial charge in [0, 0.05) is 0 Å². The molecule has 1 aromatic rings. The second-order valence-electron chi connectivity index (χ2n) is 5.01. The first-order valence-electron chi connectivity index (χ1n) is 7.16. The SMILES string of the molecule is CCOC(=O)[C@H](C)C[C@H](NC(=O)Cc1ccccc1)C(=O)O. The Morgan fingerprint density at radius 1 is 1.23 bits per heavy atom. The smallest absolute Gasteiger partial charge is 0.326 e. The van der Waals surface area contributed by atoms with Gasteiger partial charge in [0.1, 0.15) is 6.04 Å². The van der Waals surface area contributed by atoms with Crippen molar-refractivity contribution in [2.24, 2.45) is 5.92 Å². The molecule has 0 aliphatic heterocycles. The van der Waals surface area contributed by atoms with Crippen molar-refractivity contribution in [3.05, 3.63) is 35.9 Å². The average Bonchev–Trinajstić information content (AvgIpc) is 2.47. The number of nitrogens with one attached hydrogen (secondary N) is 1. The third-order valence-corrected chi connectivity index (χ3v) is 3.12. The maximum atomic E-state index is 11.9. The molecular weight excluding hydrogens is 286 g/mol. The van der Waals surface area contributed by atoms with E-state index in [9.17, 15) is 19.5 Å². The van der Waals surface area contributed by atoms with Crippen LogP contribution in [-0.4, -0.2) is 35.6 Å². The quantitative estimate of drug-likeness (QED) is 0.708. The molecule has 0 saturated carbocycles. The molecule has 1 amide bonds. The molecule has 0 bridgehead atoms. The van der Waals surface area contributed by atoms with Crippen molar-refractivity contribution in [1.29, 1.82) is 0 Å². The van der Waals surface area contributed by atoms with Gasteiger partial charge in [0.05, 0.1) is 18.9 Å². The number of ether oxygens (including phenoxy) is 1. The number of carbonyl (C=O) groups is 3. The van der Waals surface area contributed by atoms with Crippen LogP contribution in [0.4, 0.5) is 0 Å². The Balaban J connectivity index is 2.58. The summed E-state index contributed by atoms with van der Waals surface area (Å²) in [5, 5.41) is 11.6. The standard InChI is InChI=1S/C16H21NO5/c1-3-22-16(21)11(2)9-13(15(19)20)17-14(18)10-12-7-5-4-6-8-12/h4-8,11,13H,3,9-10H2,1-2H3,(H,17,18)(H,19,20)/t11-,13+/m1/s1. The third-order valence-electron chi connectivity index (χ3n) is 3.12. The second-order valence-corrected chi connectivity index (χ2v) is 5.01. The van der Waals surface area contributed by atoms with Gasteiger partial charge in [-0.15, -0.1) is 0 Å². The summed E-state index contributed by atoms with van der Waals surface area (Å²) in [5.74, 6) is -2.63. The summed E-state index contributed by atoms with van der Waals surface area (Å²) in [6.07, 6.45) is 0.0904. The number of carbonyl (C=O) groups excluding carboxylic acids is 2. The van der Waals surface area contributed by atoms with Crippen LogP contribution in [0.5, 0.6) is 0 Å². The van der Waals surface area contributed by atoms with Crippen LogP contribution in [0.1, 0.15) is 25.8 Å². The number of rotatable bonds is 8. The zero-order valence-electron chi connectivity index (χ0n) is 12.7. The largest absolute Gasteiger partial charge is 0.480 e. The van der Waals surface area contributed by atoms with E-state index in [-0.39, 0.29) is 19.4 Å². The summed E-state index contributed by atoms with van der Waals surface area (Å²) in [4.78, 5) is 34.7. The molecule has 22 heavy (non-hydrogen) atoms. The number of carboxylic acid groups (broad SMARTS) is 1. The van der Waals surface area contributed by atoms with Crippen LogP contribution in [0.2, 0.25) is 0 Å². The predicted molar refractivity (Wildman–Crippen MR) is 80.1 cm³/mol. The van der Waals surface area contributed by atoms with Crippen LogP contribution in [0.25, 0.3) is 0 Å². The van der Waals surface area contributed by atoms with Crippen LogP contribution in [0.3, 0.4) is 0 Å². The van der Waals surface area contributed by atoms with Gasteiger partial charge in [-0.25, -0.2) is 4.79 Å². The first-order chi connectivity index (χ1) is 10.4. The van der Waals surface area contributed by atoms with E-state index in [0.717, 1.165) is 5.56 Å². The first kappa shape index (κ1) is 17.7. The Hall–Kier alpha value is -2.37. The van der Waals surface area contributed by atoms with Crippen molar-refractivity contribution in [3.63, 3.8) is 0 Å². The van der Waals surface area contributed by atoms with E-state index in [1.165, 1.54) is 0 Å². The fourth-order valence-corrected chi connectivity index (χ4v) is 1.98. The van der Waals surface area contributed by atoms with Crippen LogP contribution in [0.15, 0.2) is 30.3 Å². The Labute approximate surface area is 129 Å². The highest BCUT2D eigenvalue weighted by molar-refractivity contribution is 5.85. The molecule has 120 valence electrons. The van der Waals surface area contributed by atoms with E-state index in [0.29, 0.717) is 0 Å². The topological polar surface area (TPSA) is 92.7 Å². The number of amides is 1. The van der Waals surface area contributed by atoms with Crippen LogP contribution in [-0.2, 0) is 25.5 Å². The molecule has 0 unspecified atom stereocenters. The molecule has 6 heteroatoms. The van der Waals surface area contributed by atoms with E-state index < -0.39 is 29.8 Å². The van der Waals surface area contributed by atoms with Crippen molar-refractivity contribution in [2.75, 3.05) is 6.61 Å². The van der Waals surface area contributed by atoms with Crippen molar-refractivity contribution in [2.45, 2.75) is 32.7 Å². The van der Waals surface area contributed by atoms with Crippen molar-refractivity contribution >= 4 is 17.8 Å². The molecule has 6 nitrogen and oxygen atoms in total. The van der Waals surface area contributed by atoms with Crippen molar-refractivity contribution in [1.82, 2.24) is 5.32 Å². The van der Waals surface area contributed by atoms with Gasteiger partial charge in [0.15, 0.2) is 0 Å². The van der Waals surface area contributed by atoms with Crippen LogP contribution in [0, 0.1) is 5.92 Å². The number of hydrogen-bond donors (Lipinski definition) is 2. The summed E-state index contributed by atoms with van der Waals surface area (Å²) >= 11 is 0. The van der Waals surface area contributed by atoms with Gasteiger partial charge < -0.3 is 15.2 Å². The number of esters is 1. The first-order valence-corrected chi connectivity index (χ1v) is 7.16. The van der Waals surface area contributed by atoms with Gasteiger partial charge in [-0.2, -0.15) is 0 Å². The van der Waals surface area contributed by atoms with Gasteiger partial charge in [-0.3, -0.25) is 9.59 Å². The lowest BCUT2D eigenvalue weighted by Crippen LogP contribution is -2.43.